The van der Waals surface area contributed by atoms with Gasteiger partial charge in [-0.25, -0.2) is 4.98 Å². The number of ether oxygens (including phenoxy) is 1. The van der Waals surface area contributed by atoms with Crippen LogP contribution < -0.4 is 4.74 Å². The van der Waals surface area contributed by atoms with Gasteiger partial charge in [0.25, 0.3) is 0 Å². The number of imidazole rings is 1. The molecule has 0 fully saturated rings. The second-order valence-electron chi connectivity index (χ2n) is 4.86. The molecule has 4 heteroatoms. The molecule has 4 nitrogen and oxygen atoms in total. The lowest BCUT2D eigenvalue weighted by atomic mass is 10.1. The van der Waals surface area contributed by atoms with Crippen molar-refractivity contribution in [1.82, 2.24) is 9.55 Å². The Morgan fingerprint density at radius 2 is 1.81 bits per heavy atom. The molecule has 0 spiro atoms. The molecule has 0 saturated carbocycles. The summed E-state index contributed by atoms with van der Waals surface area (Å²) in [6, 6.07) is 14.2. The quantitative estimate of drug-likeness (QED) is 0.799. The third kappa shape index (κ3) is 2.38. The first-order valence-electron chi connectivity index (χ1n) is 7.01. The van der Waals surface area contributed by atoms with E-state index in [0.717, 1.165) is 34.5 Å². The van der Waals surface area contributed by atoms with Crippen LogP contribution in [0.1, 0.15) is 12.7 Å². The van der Waals surface area contributed by atoms with Crippen LogP contribution in [0.5, 0.6) is 5.75 Å². The minimum absolute atomic E-state index is 0.0413. The standard InChI is InChI=1S/C17H18N2O2/c1-3-19-16-10-13(6-9-15(16)18-17(19)11-20)12-4-7-14(21-2)8-5-12/h4-10,20H,3,11H2,1-2H3. The number of fused-ring (bicyclic) bond motifs is 1. The molecule has 21 heavy (non-hydrogen) atoms. The number of aliphatic hydroxyl groups excluding tert-OH is 1. The first kappa shape index (κ1) is 13.6. The highest BCUT2D eigenvalue weighted by atomic mass is 16.5. The lowest BCUT2D eigenvalue weighted by Gasteiger charge is -2.06. The molecular weight excluding hydrogens is 264 g/mol. The normalized spacial score (nSPS) is 11.0. The molecule has 0 aliphatic heterocycles. The van der Waals surface area contributed by atoms with Crippen molar-refractivity contribution in [3.05, 3.63) is 48.3 Å². The fourth-order valence-corrected chi connectivity index (χ4v) is 2.61. The van der Waals surface area contributed by atoms with Gasteiger partial charge in [-0.15, -0.1) is 0 Å². The van der Waals surface area contributed by atoms with Gasteiger partial charge >= 0.3 is 0 Å². The number of benzene rings is 2. The lowest BCUT2D eigenvalue weighted by molar-refractivity contribution is 0.266. The lowest BCUT2D eigenvalue weighted by Crippen LogP contribution is -2.00. The topological polar surface area (TPSA) is 47.3 Å². The number of nitrogens with zero attached hydrogens (tertiary/aromatic N) is 2. The Morgan fingerprint density at radius 1 is 1.10 bits per heavy atom. The van der Waals surface area contributed by atoms with Crippen molar-refractivity contribution in [1.29, 1.82) is 0 Å². The number of aryl methyl sites for hydroxylation is 1. The molecule has 0 unspecified atom stereocenters. The maximum atomic E-state index is 9.40. The number of hydrogen-bond acceptors (Lipinski definition) is 3. The molecule has 0 radical (unpaired) electrons. The van der Waals surface area contributed by atoms with Gasteiger partial charge in [0.2, 0.25) is 0 Å². The van der Waals surface area contributed by atoms with Crippen LogP contribution in [0.2, 0.25) is 0 Å². The third-order valence-electron chi connectivity index (χ3n) is 3.71. The van der Waals surface area contributed by atoms with Gasteiger partial charge in [0.05, 0.1) is 18.1 Å². The molecule has 108 valence electrons. The van der Waals surface area contributed by atoms with Crippen molar-refractivity contribution in [2.24, 2.45) is 0 Å². The zero-order chi connectivity index (χ0) is 14.8. The van der Waals surface area contributed by atoms with E-state index in [2.05, 4.69) is 24.0 Å². The first-order chi connectivity index (χ1) is 10.3. The van der Waals surface area contributed by atoms with Crippen LogP contribution in [0.4, 0.5) is 0 Å². The minimum atomic E-state index is -0.0413. The van der Waals surface area contributed by atoms with Crippen LogP contribution in [0.3, 0.4) is 0 Å². The van der Waals surface area contributed by atoms with Crippen molar-refractivity contribution >= 4 is 11.0 Å². The SMILES string of the molecule is CCn1c(CO)nc2ccc(-c3ccc(OC)cc3)cc21. The Labute approximate surface area is 123 Å². The van der Waals surface area contributed by atoms with Crippen LogP contribution in [-0.4, -0.2) is 21.8 Å². The van der Waals surface area contributed by atoms with Crippen LogP contribution in [0, 0.1) is 0 Å². The number of aromatic nitrogens is 2. The third-order valence-corrected chi connectivity index (χ3v) is 3.71. The van der Waals surface area contributed by atoms with Crippen molar-refractivity contribution in [2.45, 2.75) is 20.1 Å². The van der Waals surface area contributed by atoms with Gasteiger partial charge in [0, 0.05) is 6.54 Å². The number of hydrogen-bond donors (Lipinski definition) is 1. The number of aliphatic hydroxyl groups is 1. The second-order valence-corrected chi connectivity index (χ2v) is 4.86. The van der Waals surface area contributed by atoms with E-state index < -0.39 is 0 Å². The fourth-order valence-electron chi connectivity index (χ4n) is 2.61. The van der Waals surface area contributed by atoms with Gasteiger partial charge in [0.1, 0.15) is 18.2 Å². The van der Waals surface area contributed by atoms with E-state index in [1.807, 2.05) is 34.9 Å². The zero-order valence-electron chi connectivity index (χ0n) is 12.2. The van der Waals surface area contributed by atoms with E-state index in [9.17, 15) is 5.11 Å². The average molecular weight is 282 g/mol. The summed E-state index contributed by atoms with van der Waals surface area (Å²) in [5.41, 5.74) is 4.23. The van der Waals surface area contributed by atoms with Gasteiger partial charge in [-0.2, -0.15) is 0 Å². The smallest absolute Gasteiger partial charge is 0.135 e. The highest BCUT2D eigenvalue weighted by Crippen LogP contribution is 2.26. The van der Waals surface area contributed by atoms with E-state index in [1.165, 1.54) is 0 Å². The maximum Gasteiger partial charge on any atom is 0.135 e. The Morgan fingerprint density at radius 3 is 2.43 bits per heavy atom. The molecule has 0 bridgehead atoms. The summed E-state index contributed by atoms with van der Waals surface area (Å²) in [4.78, 5) is 4.46. The summed E-state index contributed by atoms with van der Waals surface area (Å²) in [6.07, 6.45) is 0. The van der Waals surface area contributed by atoms with Gasteiger partial charge in [-0.05, 0) is 42.3 Å². The van der Waals surface area contributed by atoms with Crippen LogP contribution in [0.15, 0.2) is 42.5 Å². The zero-order valence-corrected chi connectivity index (χ0v) is 12.2. The van der Waals surface area contributed by atoms with Crippen molar-refractivity contribution < 1.29 is 9.84 Å². The summed E-state index contributed by atoms with van der Waals surface area (Å²) in [6.45, 7) is 2.80. The largest absolute Gasteiger partial charge is 0.497 e. The Hall–Kier alpha value is -2.33. The summed E-state index contributed by atoms with van der Waals surface area (Å²) >= 11 is 0. The van der Waals surface area contributed by atoms with Crippen molar-refractivity contribution in [2.75, 3.05) is 7.11 Å². The van der Waals surface area contributed by atoms with Gasteiger partial charge in [-0.1, -0.05) is 18.2 Å². The van der Waals surface area contributed by atoms with Gasteiger partial charge in [0.15, 0.2) is 0 Å². The molecule has 1 aromatic heterocycles. The van der Waals surface area contributed by atoms with E-state index in [-0.39, 0.29) is 6.61 Å². The van der Waals surface area contributed by atoms with Crippen molar-refractivity contribution in [3.8, 4) is 16.9 Å². The average Bonchev–Trinajstić information content (AvgIpc) is 2.91. The maximum absolute atomic E-state index is 9.40. The highest BCUT2D eigenvalue weighted by Gasteiger charge is 2.09. The summed E-state index contributed by atoms with van der Waals surface area (Å²) < 4.78 is 7.23. The number of methoxy groups -OCH3 is 1. The predicted molar refractivity (Wildman–Crippen MR) is 83.3 cm³/mol. The molecule has 0 aliphatic rings. The van der Waals surface area contributed by atoms with E-state index in [0.29, 0.717) is 5.82 Å². The van der Waals surface area contributed by atoms with E-state index in [1.54, 1.807) is 7.11 Å². The monoisotopic (exact) mass is 282 g/mol. The van der Waals surface area contributed by atoms with Crippen molar-refractivity contribution in [3.63, 3.8) is 0 Å². The molecule has 1 N–H and O–H groups in total. The van der Waals surface area contributed by atoms with Crippen LogP contribution in [-0.2, 0) is 13.2 Å². The number of rotatable bonds is 4. The van der Waals surface area contributed by atoms with E-state index in [4.69, 9.17) is 4.74 Å². The Bertz CT molecular complexity index is 760. The molecule has 3 aromatic rings. The summed E-state index contributed by atoms with van der Waals surface area (Å²) in [7, 11) is 1.66. The minimum Gasteiger partial charge on any atom is -0.497 e. The molecular formula is C17H18N2O2. The molecule has 0 atom stereocenters. The van der Waals surface area contributed by atoms with Crippen LogP contribution >= 0.6 is 0 Å². The second kappa shape index (κ2) is 5.58. The Balaban J connectivity index is 2.10. The summed E-state index contributed by atoms with van der Waals surface area (Å²) in [5.74, 6) is 1.56. The molecule has 2 aromatic carbocycles. The molecule has 0 amide bonds. The molecule has 3 rings (SSSR count). The van der Waals surface area contributed by atoms with E-state index >= 15 is 0 Å². The first-order valence-corrected chi connectivity index (χ1v) is 7.01. The highest BCUT2D eigenvalue weighted by molar-refractivity contribution is 5.82. The molecule has 0 saturated heterocycles. The molecule has 1 heterocycles. The summed E-state index contributed by atoms with van der Waals surface area (Å²) in [5, 5.41) is 9.40. The van der Waals surface area contributed by atoms with Gasteiger partial charge < -0.3 is 14.4 Å². The predicted octanol–water partition coefficient (Wildman–Crippen LogP) is 3.22. The molecule has 0 aliphatic carbocycles. The Kier molecular flexibility index (Phi) is 3.62. The van der Waals surface area contributed by atoms with Gasteiger partial charge in [-0.3, -0.25) is 0 Å². The van der Waals surface area contributed by atoms with Crippen LogP contribution in [0.25, 0.3) is 22.2 Å². The fraction of sp³-hybridized carbons (Fsp3) is 0.235.